The van der Waals surface area contributed by atoms with Gasteiger partial charge in [-0.25, -0.2) is 9.59 Å². The zero-order valence-corrected chi connectivity index (χ0v) is 9.63. The molecule has 7 nitrogen and oxygen atoms in total. The molecule has 0 aromatic carbocycles. The number of nitrogens with zero attached hydrogens (tertiary/aromatic N) is 2. The van der Waals surface area contributed by atoms with E-state index in [0.29, 0.717) is 39.3 Å². The SMILES string of the molecule is NC(=O)N1CCC[C@H]1C(=O)ON1CCOCC1. The van der Waals surface area contributed by atoms with E-state index in [1.54, 1.807) is 5.06 Å². The van der Waals surface area contributed by atoms with Crippen molar-refractivity contribution in [3.05, 3.63) is 0 Å². The highest BCUT2D eigenvalue weighted by atomic mass is 16.7. The fourth-order valence-electron chi connectivity index (χ4n) is 2.10. The van der Waals surface area contributed by atoms with E-state index in [1.807, 2.05) is 0 Å². The van der Waals surface area contributed by atoms with Crippen LogP contribution in [0.15, 0.2) is 0 Å². The fraction of sp³-hybridized carbons (Fsp3) is 0.800. The molecule has 0 aromatic rings. The van der Waals surface area contributed by atoms with Gasteiger partial charge in [-0.2, -0.15) is 0 Å². The molecular formula is C10H17N3O4. The van der Waals surface area contributed by atoms with Crippen LogP contribution in [-0.2, 0) is 14.4 Å². The number of likely N-dealkylation sites (tertiary alicyclic amines) is 1. The molecule has 96 valence electrons. The number of hydrogen-bond acceptors (Lipinski definition) is 5. The lowest BCUT2D eigenvalue weighted by atomic mass is 10.2. The number of carbonyl (C=O) groups excluding carboxylic acids is 2. The molecule has 2 aliphatic rings. The highest BCUT2D eigenvalue weighted by Crippen LogP contribution is 2.18. The molecule has 2 aliphatic heterocycles. The first-order valence-electron chi connectivity index (χ1n) is 5.79. The maximum atomic E-state index is 11.9. The Morgan fingerprint density at radius 3 is 2.59 bits per heavy atom. The third-order valence-electron chi connectivity index (χ3n) is 3.00. The first-order valence-corrected chi connectivity index (χ1v) is 5.79. The number of ether oxygens (including phenoxy) is 1. The summed E-state index contributed by atoms with van der Waals surface area (Å²) in [6.07, 6.45) is 1.40. The molecule has 0 spiro atoms. The number of rotatable bonds is 2. The van der Waals surface area contributed by atoms with E-state index in [4.69, 9.17) is 15.3 Å². The Hall–Kier alpha value is -1.34. The van der Waals surface area contributed by atoms with Gasteiger partial charge in [0, 0.05) is 6.54 Å². The first kappa shape index (κ1) is 12.1. The lowest BCUT2D eigenvalue weighted by Gasteiger charge is -2.28. The molecule has 7 heteroatoms. The van der Waals surface area contributed by atoms with Crippen LogP contribution in [0.5, 0.6) is 0 Å². The molecule has 17 heavy (non-hydrogen) atoms. The summed E-state index contributed by atoms with van der Waals surface area (Å²) in [5.41, 5.74) is 5.20. The summed E-state index contributed by atoms with van der Waals surface area (Å²) >= 11 is 0. The molecule has 2 heterocycles. The van der Waals surface area contributed by atoms with Gasteiger partial charge >= 0.3 is 12.0 Å². The minimum absolute atomic E-state index is 0.400. The van der Waals surface area contributed by atoms with Crippen molar-refractivity contribution in [3.63, 3.8) is 0 Å². The molecule has 2 rings (SSSR count). The molecule has 1 atom stereocenters. The number of amides is 2. The largest absolute Gasteiger partial charge is 0.379 e. The Morgan fingerprint density at radius 1 is 1.24 bits per heavy atom. The molecule has 0 aliphatic carbocycles. The average molecular weight is 243 g/mol. The second-order valence-electron chi connectivity index (χ2n) is 4.14. The van der Waals surface area contributed by atoms with Gasteiger partial charge < -0.3 is 20.2 Å². The topological polar surface area (TPSA) is 85.1 Å². The van der Waals surface area contributed by atoms with E-state index in [9.17, 15) is 9.59 Å². The Labute approximate surface area is 99.4 Å². The average Bonchev–Trinajstić information content (AvgIpc) is 2.79. The molecule has 0 aromatic heterocycles. The number of carbonyl (C=O) groups is 2. The van der Waals surface area contributed by atoms with E-state index >= 15 is 0 Å². The van der Waals surface area contributed by atoms with Crippen molar-refractivity contribution in [1.29, 1.82) is 0 Å². The van der Waals surface area contributed by atoms with Gasteiger partial charge in [0.15, 0.2) is 0 Å². The second-order valence-corrected chi connectivity index (χ2v) is 4.14. The van der Waals surface area contributed by atoms with Crippen molar-refractivity contribution in [3.8, 4) is 0 Å². The minimum atomic E-state index is -0.563. The minimum Gasteiger partial charge on any atom is -0.379 e. The summed E-state index contributed by atoms with van der Waals surface area (Å²) in [5.74, 6) is -0.400. The summed E-state index contributed by atoms with van der Waals surface area (Å²) in [7, 11) is 0. The van der Waals surface area contributed by atoms with Crippen LogP contribution in [0.4, 0.5) is 4.79 Å². The number of urea groups is 1. The first-order chi connectivity index (χ1) is 8.18. The van der Waals surface area contributed by atoms with Crippen LogP contribution >= 0.6 is 0 Å². The van der Waals surface area contributed by atoms with Crippen molar-refractivity contribution in [2.75, 3.05) is 32.8 Å². The summed E-state index contributed by atoms with van der Waals surface area (Å²) in [6, 6.07) is -1.10. The zero-order chi connectivity index (χ0) is 12.3. The number of morpholine rings is 1. The Bertz CT molecular complexity index is 304. The van der Waals surface area contributed by atoms with Crippen LogP contribution in [0.1, 0.15) is 12.8 Å². The number of hydroxylamine groups is 2. The van der Waals surface area contributed by atoms with E-state index in [2.05, 4.69) is 0 Å². The Morgan fingerprint density at radius 2 is 1.94 bits per heavy atom. The highest BCUT2D eigenvalue weighted by Gasteiger charge is 2.35. The summed E-state index contributed by atoms with van der Waals surface area (Å²) in [6.45, 7) is 2.76. The van der Waals surface area contributed by atoms with Crippen LogP contribution in [0.25, 0.3) is 0 Å². The molecule has 2 fully saturated rings. The van der Waals surface area contributed by atoms with Crippen molar-refractivity contribution in [2.45, 2.75) is 18.9 Å². The van der Waals surface area contributed by atoms with Crippen molar-refractivity contribution in [2.24, 2.45) is 5.73 Å². The number of primary amides is 1. The Kier molecular flexibility index (Phi) is 3.80. The van der Waals surface area contributed by atoms with Gasteiger partial charge in [0.25, 0.3) is 0 Å². The lowest BCUT2D eigenvalue weighted by molar-refractivity contribution is -0.209. The van der Waals surface area contributed by atoms with Crippen molar-refractivity contribution >= 4 is 12.0 Å². The van der Waals surface area contributed by atoms with E-state index < -0.39 is 18.0 Å². The summed E-state index contributed by atoms with van der Waals surface area (Å²) in [5, 5.41) is 1.57. The van der Waals surface area contributed by atoms with Crippen LogP contribution in [0.3, 0.4) is 0 Å². The maximum absolute atomic E-state index is 11.9. The summed E-state index contributed by atoms with van der Waals surface area (Å²) < 4.78 is 5.15. The molecule has 2 amide bonds. The zero-order valence-electron chi connectivity index (χ0n) is 9.63. The van der Waals surface area contributed by atoms with Gasteiger partial charge in [0.2, 0.25) is 0 Å². The smallest absolute Gasteiger partial charge is 0.347 e. The molecular weight excluding hydrogens is 226 g/mol. The van der Waals surface area contributed by atoms with Crippen molar-refractivity contribution < 1.29 is 19.2 Å². The molecule has 2 N–H and O–H groups in total. The van der Waals surface area contributed by atoms with E-state index in [-0.39, 0.29) is 0 Å². The predicted octanol–water partition coefficient (Wildman–Crippen LogP) is -0.680. The van der Waals surface area contributed by atoms with Crippen molar-refractivity contribution in [1.82, 2.24) is 9.96 Å². The standard InChI is InChI=1S/C10H17N3O4/c11-10(15)13-3-1-2-8(13)9(14)17-12-4-6-16-7-5-12/h8H,1-7H2,(H2,11,15)/t8-/m0/s1. The molecule has 0 bridgehead atoms. The van der Waals surface area contributed by atoms with Crippen LogP contribution in [0, 0.1) is 0 Å². The third kappa shape index (κ3) is 2.86. The van der Waals surface area contributed by atoms with Gasteiger partial charge in [-0.05, 0) is 12.8 Å². The predicted molar refractivity (Wildman–Crippen MR) is 57.8 cm³/mol. The molecule has 2 saturated heterocycles. The number of hydrogen-bond donors (Lipinski definition) is 1. The normalized spacial score (nSPS) is 25.9. The van der Waals surface area contributed by atoms with E-state index in [1.165, 1.54) is 4.90 Å². The monoisotopic (exact) mass is 243 g/mol. The molecule has 0 radical (unpaired) electrons. The van der Waals surface area contributed by atoms with Crippen LogP contribution < -0.4 is 5.73 Å². The van der Waals surface area contributed by atoms with Crippen LogP contribution in [-0.4, -0.2) is 60.9 Å². The van der Waals surface area contributed by atoms with Gasteiger partial charge in [-0.3, -0.25) is 0 Å². The second kappa shape index (κ2) is 5.33. The van der Waals surface area contributed by atoms with Crippen LogP contribution in [0.2, 0.25) is 0 Å². The maximum Gasteiger partial charge on any atom is 0.347 e. The van der Waals surface area contributed by atoms with E-state index in [0.717, 1.165) is 6.42 Å². The van der Waals surface area contributed by atoms with Gasteiger partial charge in [-0.1, -0.05) is 0 Å². The number of nitrogens with two attached hydrogens (primary N) is 1. The third-order valence-corrected chi connectivity index (χ3v) is 3.00. The molecule has 0 saturated carbocycles. The summed E-state index contributed by atoms with van der Waals surface area (Å²) in [4.78, 5) is 29.6. The lowest BCUT2D eigenvalue weighted by Crippen LogP contribution is -2.47. The van der Waals surface area contributed by atoms with Gasteiger partial charge in [-0.15, -0.1) is 5.06 Å². The quantitative estimate of drug-likeness (QED) is 0.694. The van der Waals surface area contributed by atoms with Gasteiger partial charge in [0.05, 0.1) is 26.3 Å². The Balaban J connectivity index is 1.88. The molecule has 0 unspecified atom stereocenters. The fourth-order valence-corrected chi connectivity index (χ4v) is 2.10. The highest BCUT2D eigenvalue weighted by molar-refractivity contribution is 5.83. The van der Waals surface area contributed by atoms with Gasteiger partial charge in [0.1, 0.15) is 6.04 Å².